The monoisotopic (exact) mass is 317 g/mol. The van der Waals surface area contributed by atoms with Crippen molar-refractivity contribution in [1.29, 1.82) is 0 Å². The molecule has 3 aliphatic rings. The Morgan fingerprint density at radius 2 is 2.26 bits per heavy atom. The summed E-state index contributed by atoms with van der Waals surface area (Å²) in [5.74, 6) is 0. The molecule has 2 aliphatic carbocycles. The average molecular weight is 317 g/mol. The minimum atomic E-state index is 0.0937. The number of fused-ring (bicyclic) bond motifs is 1. The van der Waals surface area contributed by atoms with Gasteiger partial charge in [0.2, 0.25) is 0 Å². The first-order valence-corrected chi connectivity index (χ1v) is 8.99. The van der Waals surface area contributed by atoms with Crippen LogP contribution in [0.25, 0.3) is 0 Å². The summed E-state index contributed by atoms with van der Waals surface area (Å²) in [6, 6.07) is 4.71. The molecule has 3 atom stereocenters. The second-order valence-corrected chi connectivity index (χ2v) is 7.26. The van der Waals surface area contributed by atoms with Crippen LogP contribution in [0.15, 0.2) is 18.3 Å². The van der Waals surface area contributed by atoms with Crippen LogP contribution < -0.4 is 5.32 Å². The molecule has 126 valence electrons. The highest BCUT2D eigenvalue weighted by Crippen LogP contribution is 2.57. The van der Waals surface area contributed by atoms with Gasteiger partial charge < -0.3 is 19.5 Å². The lowest BCUT2D eigenvalue weighted by molar-refractivity contribution is -0.170. The van der Waals surface area contributed by atoms with Crippen LogP contribution in [-0.2, 0) is 11.3 Å². The third-order valence-electron chi connectivity index (χ3n) is 6.34. The van der Waals surface area contributed by atoms with E-state index in [1.807, 2.05) is 4.90 Å². The fourth-order valence-electron chi connectivity index (χ4n) is 4.73. The summed E-state index contributed by atoms with van der Waals surface area (Å²) < 4.78 is 8.13. The van der Waals surface area contributed by atoms with E-state index in [2.05, 4.69) is 42.1 Å². The second kappa shape index (κ2) is 5.55. The molecule has 1 aliphatic heterocycles. The van der Waals surface area contributed by atoms with Crippen molar-refractivity contribution in [3.05, 3.63) is 24.0 Å². The minimum absolute atomic E-state index is 0.0937. The molecule has 23 heavy (non-hydrogen) atoms. The standard InChI is InChI=1S/C18H27N3O2/c1-3-23-16-12-15(18(16)7-5-8-18)19-17(22)21-11-10-20-9-4-6-14(20)13(21)2/h4,6,9,13,15-16H,3,5,7-8,10-12H2,1-2H3,(H,19,22)/t13-,15+,16-/m1/s1. The van der Waals surface area contributed by atoms with Gasteiger partial charge >= 0.3 is 6.03 Å². The summed E-state index contributed by atoms with van der Waals surface area (Å²) >= 11 is 0. The maximum absolute atomic E-state index is 12.8. The summed E-state index contributed by atoms with van der Waals surface area (Å²) in [6.45, 7) is 6.62. The molecule has 1 aromatic rings. The van der Waals surface area contributed by atoms with Crippen LogP contribution in [0.5, 0.6) is 0 Å². The number of carbonyl (C=O) groups excluding carboxylic acids is 1. The summed E-state index contributed by atoms with van der Waals surface area (Å²) in [5, 5.41) is 3.32. The summed E-state index contributed by atoms with van der Waals surface area (Å²) in [4.78, 5) is 14.8. The first-order valence-electron chi connectivity index (χ1n) is 8.99. The summed E-state index contributed by atoms with van der Waals surface area (Å²) in [6.07, 6.45) is 7.08. The Morgan fingerprint density at radius 3 is 2.96 bits per heavy atom. The van der Waals surface area contributed by atoms with E-state index in [-0.39, 0.29) is 17.5 Å². The van der Waals surface area contributed by atoms with E-state index in [9.17, 15) is 4.79 Å². The molecule has 0 saturated heterocycles. The van der Waals surface area contributed by atoms with Crippen molar-refractivity contribution in [2.45, 2.75) is 64.3 Å². The number of hydrogen-bond acceptors (Lipinski definition) is 2. The van der Waals surface area contributed by atoms with Crippen molar-refractivity contribution in [3.63, 3.8) is 0 Å². The highest BCUT2D eigenvalue weighted by Gasteiger charge is 2.59. The van der Waals surface area contributed by atoms with E-state index >= 15 is 0 Å². The van der Waals surface area contributed by atoms with Gasteiger partial charge in [-0.1, -0.05) is 6.42 Å². The average Bonchev–Trinajstić information content (AvgIpc) is 2.94. The zero-order valence-corrected chi connectivity index (χ0v) is 14.1. The van der Waals surface area contributed by atoms with Crippen LogP contribution in [-0.4, -0.2) is 40.8 Å². The molecule has 2 saturated carbocycles. The zero-order valence-electron chi connectivity index (χ0n) is 14.1. The second-order valence-electron chi connectivity index (χ2n) is 7.26. The number of hydrogen-bond donors (Lipinski definition) is 1. The van der Waals surface area contributed by atoms with Gasteiger partial charge in [-0.2, -0.15) is 0 Å². The number of carbonyl (C=O) groups is 1. The van der Waals surface area contributed by atoms with Crippen LogP contribution in [0, 0.1) is 5.41 Å². The van der Waals surface area contributed by atoms with Crippen LogP contribution >= 0.6 is 0 Å². The number of nitrogens with one attached hydrogen (secondary N) is 1. The van der Waals surface area contributed by atoms with E-state index < -0.39 is 0 Å². The van der Waals surface area contributed by atoms with Crippen molar-refractivity contribution >= 4 is 6.03 Å². The molecule has 0 unspecified atom stereocenters. The topological polar surface area (TPSA) is 46.5 Å². The Bertz CT molecular complexity index is 593. The van der Waals surface area contributed by atoms with Crippen molar-refractivity contribution in [3.8, 4) is 0 Å². The van der Waals surface area contributed by atoms with E-state index in [1.54, 1.807) is 0 Å². The fraction of sp³-hybridized carbons (Fsp3) is 0.722. The summed E-state index contributed by atoms with van der Waals surface area (Å²) in [7, 11) is 0. The van der Waals surface area contributed by atoms with E-state index in [0.717, 1.165) is 26.1 Å². The smallest absolute Gasteiger partial charge is 0.318 e. The highest BCUT2D eigenvalue weighted by atomic mass is 16.5. The maximum Gasteiger partial charge on any atom is 0.318 e. The van der Waals surface area contributed by atoms with Crippen molar-refractivity contribution < 1.29 is 9.53 Å². The largest absolute Gasteiger partial charge is 0.378 e. The molecule has 2 heterocycles. The molecule has 1 N–H and O–H groups in total. The first-order chi connectivity index (χ1) is 11.2. The van der Waals surface area contributed by atoms with Gasteiger partial charge in [0, 0.05) is 43.0 Å². The quantitative estimate of drug-likeness (QED) is 0.932. The highest BCUT2D eigenvalue weighted by molar-refractivity contribution is 5.75. The fourth-order valence-corrected chi connectivity index (χ4v) is 4.73. The Kier molecular flexibility index (Phi) is 3.63. The Balaban J connectivity index is 1.41. The van der Waals surface area contributed by atoms with Gasteiger partial charge in [-0.25, -0.2) is 4.79 Å². The molecule has 5 nitrogen and oxygen atoms in total. The van der Waals surface area contributed by atoms with Gasteiger partial charge in [-0.15, -0.1) is 0 Å². The van der Waals surface area contributed by atoms with Crippen LogP contribution in [0.1, 0.15) is 51.3 Å². The molecule has 0 radical (unpaired) electrons. The molecule has 2 amide bonds. The molecule has 1 aromatic heterocycles. The molecule has 1 spiro atoms. The summed E-state index contributed by atoms with van der Waals surface area (Å²) in [5.41, 5.74) is 1.45. The van der Waals surface area contributed by atoms with Crippen LogP contribution in [0.4, 0.5) is 4.79 Å². The van der Waals surface area contributed by atoms with Crippen LogP contribution in [0.3, 0.4) is 0 Å². The van der Waals surface area contributed by atoms with Gasteiger partial charge in [-0.3, -0.25) is 0 Å². The Labute approximate surface area is 138 Å². The lowest BCUT2D eigenvalue weighted by Crippen LogP contribution is -2.68. The predicted molar refractivity (Wildman–Crippen MR) is 88.2 cm³/mol. The van der Waals surface area contributed by atoms with E-state index in [4.69, 9.17) is 4.74 Å². The number of amides is 2. The minimum Gasteiger partial charge on any atom is -0.378 e. The number of aromatic nitrogens is 1. The number of nitrogens with zero attached hydrogens (tertiary/aromatic N) is 2. The molecule has 0 aromatic carbocycles. The lowest BCUT2D eigenvalue weighted by Gasteiger charge is -2.61. The van der Waals surface area contributed by atoms with E-state index in [0.29, 0.717) is 12.1 Å². The third kappa shape index (κ3) is 2.20. The van der Waals surface area contributed by atoms with Gasteiger partial charge in [0.1, 0.15) is 0 Å². The zero-order chi connectivity index (χ0) is 16.0. The van der Waals surface area contributed by atoms with Crippen LogP contribution in [0.2, 0.25) is 0 Å². The van der Waals surface area contributed by atoms with Gasteiger partial charge in [0.15, 0.2) is 0 Å². The predicted octanol–water partition coefficient (Wildman–Crippen LogP) is 2.92. The van der Waals surface area contributed by atoms with Gasteiger partial charge in [0.25, 0.3) is 0 Å². The SMILES string of the molecule is CCO[C@@H]1C[C@H](NC(=O)N2CCn3cccc3[C@H]2C)C12CCC2. The molecule has 4 rings (SSSR count). The molecule has 5 heteroatoms. The number of rotatable bonds is 3. The maximum atomic E-state index is 12.8. The normalized spacial score (nSPS) is 31.2. The Hall–Kier alpha value is -1.49. The molecule has 0 bridgehead atoms. The van der Waals surface area contributed by atoms with E-state index in [1.165, 1.54) is 25.0 Å². The Morgan fingerprint density at radius 1 is 1.43 bits per heavy atom. The van der Waals surface area contributed by atoms with Crippen molar-refractivity contribution in [2.75, 3.05) is 13.2 Å². The van der Waals surface area contributed by atoms with Crippen molar-refractivity contribution in [2.24, 2.45) is 5.41 Å². The molecular formula is C18H27N3O2. The third-order valence-corrected chi connectivity index (χ3v) is 6.34. The number of urea groups is 1. The number of ether oxygens (including phenoxy) is 1. The van der Waals surface area contributed by atoms with Crippen molar-refractivity contribution in [1.82, 2.24) is 14.8 Å². The van der Waals surface area contributed by atoms with Gasteiger partial charge in [-0.05, 0) is 45.2 Å². The van der Waals surface area contributed by atoms with Gasteiger partial charge in [0.05, 0.1) is 12.1 Å². The molecular weight excluding hydrogens is 290 g/mol. The lowest BCUT2D eigenvalue weighted by atomic mass is 9.51. The molecule has 2 fully saturated rings. The first kappa shape index (κ1) is 15.1.